The highest BCUT2D eigenvalue weighted by Gasteiger charge is 2.54. The SMILES string of the molecule is C/C=C1/CN2CCc3c([nH]c4ccccc34)[C@]2(CO)[C@H]1CCO. The van der Waals surface area contributed by atoms with Crippen LogP contribution in [0.5, 0.6) is 0 Å². The third kappa shape index (κ3) is 1.89. The Bertz CT molecular complexity index is 764. The van der Waals surface area contributed by atoms with Crippen molar-refractivity contribution in [1.29, 1.82) is 0 Å². The zero-order chi connectivity index (χ0) is 16.0. The van der Waals surface area contributed by atoms with Gasteiger partial charge in [0.2, 0.25) is 0 Å². The number of H-pyrrole nitrogens is 1. The second kappa shape index (κ2) is 5.48. The maximum atomic E-state index is 10.5. The van der Waals surface area contributed by atoms with E-state index in [-0.39, 0.29) is 19.1 Å². The summed E-state index contributed by atoms with van der Waals surface area (Å²) in [5.74, 6) is 0.162. The number of aromatic nitrogens is 1. The summed E-state index contributed by atoms with van der Waals surface area (Å²) in [7, 11) is 0. The topological polar surface area (TPSA) is 59.5 Å². The first-order valence-corrected chi connectivity index (χ1v) is 8.48. The smallest absolute Gasteiger partial charge is 0.0918 e. The van der Waals surface area contributed by atoms with E-state index < -0.39 is 5.54 Å². The summed E-state index contributed by atoms with van der Waals surface area (Å²) in [6, 6.07) is 8.39. The molecule has 0 amide bonds. The lowest BCUT2D eigenvalue weighted by Gasteiger charge is -2.44. The molecule has 4 heteroatoms. The molecule has 23 heavy (non-hydrogen) atoms. The van der Waals surface area contributed by atoms with E-state index in [4.69, 9.17) is 0 Å². The molecule has 3 heterocycles. The molecule has 0 radical (unpaired) electrons. The van der Waals surface area contributed by atoms with Crippen molar-refractivity contribution >= 4 is 10.9 Å². The van der Waals surface area contributed by atoms with Gasteiger partial charge in [0.1, 0.15) is 0 Å². The number of rotatable bonds is 3. The van der Waals surface area contributed by atoms with Crippen molar-refractivity contribution in [2.24, 2.45) is 5.92 Å². The number of nitrogens with one attached hydrogen (secondary N) is 1. The number of para-hydroxylation sites is 1. The van der Waals surface area contributed by atoms with Gasteiger partial charge in [-0.3, -0.25) is 4.90 Å². The number of fused-ring (bicyclic) bond motifs is 5. The normalized spacial score (nSPS) is 29.2. The molecule has 0 aliphatic carbocycles. The van der Waals surface area contributed by atoms with Gasteiger partial charge in [0, 0.05) is 42.2 Å². The number of aliphatic hydroxyl groups is 2. The monoisotopic (exact) mass is 312 g/mol. The maximum Gasteiger partial charge on any atom is 0.0918 e. The van der Waals surface area contributed by atoms with Crippen LogP contribution in [0.15, 0.2) is 35.9 Å². The van der Waals surface area contributed by atoms with E-state index in [0.29, 0.717) is 6.42 Å². The summed E-state index contributed by atoms with van der Waals surface area (Å²) in [5.41, 5.74) is 4.55. The van der Waals surface area contributed by atoms with Gasteiger partial charge < -0.3 is 15.2 Å². The number of benzene rings is 1. The van der Waals surface area contributed by atoms with Crippen molar-refractivity contribution in [2.45, 2.75) is 25.3 Å². The van der Waals surface area contributed by atoms with Crippen molar-refractivity contribution in [2.75, 3.05) is 26.3 Å². The largest absolute Gasteiger partial charge is 0.396 e. The summed E-state index contributed by atoms with van der Waals surface area (Å²) in [4.78, 5) is 6.00. The van der Waals surface area contributed by atoms with E-state index in [2.05, 4.69) is 41.1 Å². The van der Waals surface area contributed by atoms with E-state index in [0.717, 1.165) is 30.7 Å². The highest BCUT2D eigenvalue weighted by atomic mass is 16.3. The van der Waals surface area contributed by atoms with Gasteiger partial charge in [0.25, 0.3) is 0 Å². The third-order valence-electron chi connectivity index (χ3n) is 5.87. The molecule has 4 nitrogen and oxygen atoms in total. The second-order valence-electron chi connectivity index (χ2n) is 6.71. The quantitative estimate of drug-likeness (QED) is 0.761. The summed E-state index contributed by atoms with van der Waals surface area (Å²) >= 11 is 0. The fourth-order valence-corrected chi connectivity index (χ4v) is 4.82. The second-order valence-corrected chi connectivity index (χ2v) is 6.71. The van der Waals surface area contributed by atoms with E-state index in [1.807, 2.05) is 6.07 Å². The van der Waals surface area contributed by atoms with Gasteiger partial charge in [0.15, 0.2) is 0 Å². The minimum atomic E-state index is -0.419. The van der Waals surface area contributed by atoms with Crippen molar-refractivity contribution in [3.63, 3.8) is 0 Å². The first kappa shape index (κ1) is 14.9. The molecule has 1 saturated heterocycles. The zero-order valence-corrected chi connectivity index (χ0v) is 13.5. The Kier molecular flexibility index (Phi) is 3.56. The number of hydrogen-bond acceptors (Lipinski definition) is 3. The van der Waals surface area contributed by atoms with Gasteiger partial charge in [-0.15, -0.1) is 0 Å². The first-order valence-electron chi connectivity index (χ1n) is 8.48. The third-order valence-corrected chi connectivity index (χ3v) is 5.87. The molecule has 0 unspecified atom stereocenters. The maximum absolute atomic E-state index is 10.5. The van der Waals surface area contributed by atoms with Gasteiger partial charge in [-0.2, -0.15) is 0 Å². The van der Waals surface area contributed by atoms with Gasteiger partial charge in [-0.25, -0.2) is 0 Å². The Morgan fingerprint density at radius 2 is 2.17 bits per heavy atom. The number of aromatic amines is 1. The Hall–Kier alpha value is -1.62. The molecular formula is C19H24N2O2. The molecule has 122 valence electrons. The molecule has 0 saturated carbocycles. The number of nitrogens with zero attached hydrogens (tertiary/aromatic N) is 1. The van der Waals surface area contributed by atoms with Crippen molar-refractivity contribution in [3.8, 4) is 0 Å². The molecule has 1 fully saturated rings. The fourth-order valence-electron chi connectivity index (χ4n) is 4.82. The number of hydrogen-bond donors (Lipinski definition) is 3. The van der Waals surface area contributed by atoms with Crippen LogP contribution in [-0.4, -0.2) is 46.4 Å². The number of aliphatic hydroxyl groups excluding tert-OH is 2. The van der Waals surface area contributed by atoms with Crippen molar-refractivity contribution in [1.82, 2.24) is 9.88 Å². The molecule has 0 spiro atoms. The van der Waals surface area contributed by atoms with Crippen LogP contribution < -0.4 is 0 Å². The average Bonchev–Trinajstić information content (AvgIpc) is 3.11. The van der Waals surface area contributed by atoms with E-state index in [1.165, 1.54) is 16.5 Å². The van der Waals surface area contributed by atoms with Crippen LogP contribution >= 0.6 is 0 Å². The summed E-state index contributed by atoms with van der Waals surface area (Å²) < 4.78 is 0. The first-order chi connectivity index (χ1) is 11.3. The molecule has 1 aromatic carbocycles. The van der Waals surface area contributed by atoms with Crippen molar-refractivity contribution < 1.29 is 10.2 Å². The lowest BCUT2D eigenvalue weighted by Crippen LogP contribution is -2.52. The standard InChI is InChI=1S/C19H24N2O2/c1-2-13-11-21-9-7-15-14-5-3-4-6-17(14)20-18(15)19(21,12-23)16(13)8-10-22/h2-6,16,20,22-23H,7-12H2,1H3/b13-2-/t16-,19-/m0/s1. The fraction of sp³-hybridized carbons (Fsp3) is 0.474. The van der Waals surface area contributed by atoms with Crippen LogP contribution in [0.3, 0.4) is 0 Å². The predicted molar refractivity (Wildman–Crippen MR) is 91.3 cm³/mol. The van der Waals surface area contributed by atoms with Crippen LogP contribution in [-0.2, 0) is 12.0 Å². The minimum absolute atomic E-state index is 0.0782. The summed E-state index contributed by atoms with van der Waals surface area (Å²) in [5, 5.41) is 21.3. The molecule has 2 aromatic rings. The van der Waals surface area contributed by atoms with Crippen molar-refractivity contribution in [3.05, 3.63) is 47.2 Å². The van der Waals surface area contributed by atoms with Gasteiger partial charge >= 0.3 is 0 Å². The average molecular weight is 312 g/mol. The summed E-state index contributed by atoms with van der Waals surface area (Å²) in [6.45, 7) is 4.13. The Balaban J connectivity index is 1.96. The highest BCUT2D eigenvalue weighted by Crippen LogP contribution is 2.51. The predicted octanol–water partition coefficient (Wildman–Crippen LogP) is 2.17. The lowest BCUT2D eigenvalue weighted by atomic mass is 9.75. The van der Waals surface area contributed by atoms with Crippen LogP contribution in [0.2, 0.25) is 0 Å². The molecule has 2 aliphatic rings. The van der Waals surface area contributed by atoms with E-state index in [9.17, 15) is 10.2 Å². The van der Waals surface area contributed by atoms with E-state index >= 15 is 0 Å². The highest BCUT2D eigenvalue weighted by molar-refractivity contribution is 5.85. The minimum Gasteiger partial charge on any atom is -0.396 e. The van der Waals surface area contributed by atoms with Crippen LogP contribution in [0.4, 0.5) is 0 Å². The van der Waals surface area contributed by atoms with Crippen LogP contribution in [0.25, 0.3) is 10.9 Å². The zero-order valence-electron chi connectivity index (χ0n) is 13.5. The molecule has 2 aliphatic heterocycles. The molecular weight excluding hydrogens is 288 g/mol. The summed E-state index contributed by atoms with van der Waals surface area (Å²) in [6.07, 6.45) is 3.86. The molecule has 2 atom stereocenters. The van der Waals surface area contributed by atoms with Gasteiger partial charge in [0.05, 0.1) is 12.1 Å². The van der Waals surface area contributed by atoms with E-state index in [1.54, 1.807) is 0 Å². The Morgan fingerprint density at radius 3 is 2.91 bits per heavy atom. The molecule has 4 rings (SSSR count). The molecule has 1 aromatic heterocycles. The Morgan fingerprint density at radius 1 is 1.35 bits per heavy atom. The molecule has 0 bridgehead atoms. The van der Waals surface area contributed by atoms with Gasteiger partial charge in [-0.1, -0.05) is 29.8 Å². The Labute approximate surface area is 136 Å². The molecule has 3 N–H and O–H groups in total. The van der Waals surface area contributed by atoms with Crippen LogP contribution in [0.1, 0.15) is 24.6 Å². The van der Waals surface area contributed by atoms with Gasteiger partial charge in [-0.05, 0) is 31.4 Å². The lowest BCUT2D eigenvalue weighted by molar-refractivity contribution is 0.0144. The van der Waals surface area contributed by atoms with Crippen LogP contribution in [0, 0.1) is 5.92 Å². The number of allylic oxidation sites excluding steroid dienone is 1.